The molecule has 0 radical (unpaired) electrons. The third-order valence-corrected chi connectivity index (χ3v) is 10.3. The lowest BCUT2D eigenvalue weighted by atomic mass is 9.85. The zero-order chi connectivity index (χ0) is 33.2. The Hall–Kier alpha value is -6.51. The van der Waals surface area contributed by atoms with E-state index in [1.807, 2.05) is 12.4 Å². The van der Waals surface area contributed by atoms with Crippen LogP contribution in [0.5, 0.6) is 0 Å². The van der Waals surface area contributed by atoms with E-state index in [0.29, 0.717) is 0 Å². The molecule has 0 aliphatic rings. The number of hydrogen-bond acceptors (Lipinski definition) is 1. The maximum Gasteiger partial charge on any atom is 0.0571 e. The summed E-state index contributed by atoms with van der Waals surface area (Å²) in [7, 11) is 0. The van der Waals surface area contributed by atoms with Crippen LogP contribution in [0.25, 0.3) is 93.2 Å². The average molecular weight is 637 g/mol. The van der Waals surface area contributed by atoms with Crippen molar-refractivity contribution in [3.05, 3.63) is 182 Å². The summed E-state index contributed by atoms with van der Waals surface area (Å²) in [5.74, 6) is 0. The number of rotatable bonds is 4. The zero-order valence-electron chi connectivity index (χ0n) is 27.6. The van der Waals surface area contributed by atoms with Crippen LogP contribution >= 0.6 is 0 Å². The first-order valence-corrected chi connectivity index (χ1v) is 17.2. The molecular formula is C48H32N2. The molecule has 0 atom stereocenters. The van der Waals surface area contributed by atoms with Gasteiger partial charge in [-0.25, -0.2) is 0 Å². The molecule has 2 heterocycles. The second-order valence-corrected chi connectivity index (χ2v) is 13.3. The van der Waals surface area contributed by atoms with Crippen molar-refractivity contribution in [1.82, 2.24) is 9.55 Å². The Kier molecular flexibility index (Phi) is 6.43. The normalized spacial score (nSPS) is 11.7. The van der Waals surface area contributed by atoms with Crippen molar-refractivity contribution in [3.8, 4) is 39.1 Å². The Morgan fingerprint density at radius 3 is 1.74 bits per heavy atom. The molecule has 0 saturated carbocycles. The molecule has 0 fully saturated rings. The van der Waals surface area contributed by atoms with Gasteiger partial charge in [-0.1, -0.05) is 121 Å². The van der Waals surface area contributed by atoms with Gasteiger partial charge in [0.2, 0.25) is 0 Å². The van der Waals surface area contributed by atoms with Gasteiger partial charge in [-0.15, -0.1) is 0 Å². The first-order chi connectivity index (χ1) is 24.7. The van der Waals surface area contributed by atoms with E-state index in [9.17, 15) is 0 Å². The highest BCUT2D eigenvalue weighted by molar-refractivity contribution is 6.22. The highest BCUT2D eigenvalue weighted by Crippen LogP contribution is 2.45. The molecule has 0 N–H and O–H groups in total. The van der Waals surface area contributed by atoms with Crippen molar-refractivity contribution in [2.75, 3.05) is 0 Å². The van der Waals surface area contributed by atoms with E-state index in [2.05, 4.69) is 180 Å². The lowest BCUT2D eigenvalue weighted by Crippen LogP contribution is -1.94. The summed E-state index contributed by atoms with van der Waals surface area (Å²) in [6, 6.07) is 60.0. The van der Waals surface area contributed by atoms with Gasteiger partial charge in [-0.2, -0.15) is 0 Å². The summed E-state index contributed by atoms with van der Waals surface area (Å²) in [4.78, 5) is 4.53. The maximum absolute atomic E-state index is 4.53. The van der Waals surface area contributed by atoms with E-state index >= 15 is 0 Å². The first kappa shape index (κ1) is 28.5. The van der Waals surface area contributed by atoms with Crippen LogP contribution in [0.1, 0.15) is 5.56 Å². The second-order valence-electron chi connectivity index (χ2n) is 13.3. The van der Waals surface area contributed by atoms with Gasteiger partial charge < -0.3 is 4.57 Å². The first-order valence-electron chi connectivity index (χ1n) is 17.2. The molecule has 2 nitrogen and oxygen atoms in total. The van der Waals surface area contributed by atoms with Crippen molar-refractivity contribution in [2.24, 2.45) is 0 Å². The molecule has 50 heavy (non-hydrogen) atoms. The van der Waals surface area contributed by atoms with Crippen LogP contribution in [0.3, 0.4) is 0 Å². The number of pyridine rings is 1. The lowest BCUT2D eigenvalue weighted by molar-refractivity contribution is 1.17. The van der Waals surface area contributed by atoms with Crippen molar-refractivity contribution >= 4 is 54.1 Å². The van der Waals surface area contributed by atoms with Crippen LogP contribution in [0.15, 0.2) is 176 Å². The summed E-state index contributed by atoms with van der Waals surface area (Å²) in [6.07, 6.45) is 3.89. The Balaban J connectivity index is 1.17. The molecule has 0 saturated heterocycles. The predicted molar refractivity (Wildman–Crippen MR) is 212 cm³/mol. The SMILES string of the molecule is Cc1cccc(-n2c3ccncc3c3cc(-c4cccc(-c5c6ccccc6c(-c6ccc7ccccc7c6)c6ccccc56)c4)ccc32)c1. The minimum Gasteiger partial charge on any atom is -0.309 e. The van der Waals surface area contributed by atoms with E-state index in [1.54, 1.807) is 0 Å². The predicted octanol–water partition coefficient (Wildman–Crippen LogP) is 12.9. The molecule has 8 aromatic carbocycles. The fourth-order valence-corrected chi connectivity index (χ4v) is 8.04. The van der Waals surface area contributed by atoms with Crippen LogP contribution in [0, 0.1) is 6.92 Å². The van der Waals surface area contributed by atoms with Gasteiger partial charge in [0.1, 0.15) is 0 Å². The monoisotopic (exact) mass is 636 g/mol. The third-order valence-electron chi connectivity index (χ3n) is 10.3. The molecule has 2 heteroatoms. The molecule has 10 aromatic rings. The molecule has 0 aliphatic carbocycles. The van der Waals surface area contributed by atoms with E-state index in [-0.39, 0.29) is 0 Å². The molecule has 10 rings (SSSR count). The summed E-state index contributed by atoms with van der Waals surface area (Å²) < 4.78 is 2.36. The number of fused-ring (bicyclic) bond motifs is 6. The molecule has 0 aliphatic heterocycles. The Labute approximate surface area is 290 Å². The molecular weight excluding hydrogens is 605 g/mol. The number of hydrogen-bond donors (Lipinski definition) is 0. The second kappa shape index (κ2) is 11.3. The Morgan fingerprint density at radius 2 is 1.00 bits per heavy atom. The highest BCUT2D eigenvalue weighted by atomic mass is 15.0. The van der Waals surface area contributed by atoms with E-state index < -0.39 is 0 Å². The molecule has 234 valence electrons. The van der Waals surface area contributed by atoms with Crippen LogP contribution in [0.4, 0.5) is 0 Å². The van der Waals surface area contributed by atoms with Gasteiger partial charge in [-0.3, -0.25) is 4.98 Å². The van der Waals surface area contributed by atoms with Gasteiger partial charge >= 0.3 is 0 Å². The van der Waals surface area contributed by atoms with Gasteiger partial charge in [0.25, 0.3) is 0 Å². The number of nitrogens with zero attached hydrogens (tertiary/aromatic N) is 2. The molecule has 2 aromatic heterocycles. The van der Waals surface area contributed by atoms with Crippen molar-refractivity contribution < 1.29 is 0 Å². The topological polar surface area (TPSA) is 17.8 Å². The van der Waals surface area contributed by atoms with Gasteiger partial charge in [0.15, 0.2) is 0 Å². The minimum absolute atomic E-state index is 1.16. The van der Waals surface area contributed by atoms with Gasteiger partial charge in [-0.05, 0) is 121 Å². The van der Waals surface area contributed by atoms with Crippen LogP contribution in [-0.2, 0) is 0 Å². The van der Waals surface area contributed by atoms with Crippen LogP contribution in [-0.4, -0.2) is 9.55 Å². The largest absolute Gasteiger partial charge is 0.309 e. The van der Waals surface area contributed by atoms with Crippen molar-refractivity contribution in [1.29, 1.82) is 0 Å². The van der Waals surface area contributed by atoms with Crippen LogP contribution < -0.4 is 0 Å². The smallest absolute Gasteiger partial charge is 0.0571 e. The van der Waals surface area contributed by atoms with E-state index in [4.69, 9.17) is 0 Å². The summed E-state index contributed by atoms with van der Waals surface area (Å²) in [6.45, 7) is 2.15. The summed E-state index contributed by atoms with van der Waals surface area (Å²) in [5.41, 5.74) is 12.1. The summed E-state index contributed by atoms with van der Waals surface area (Å²) >= 11 is 0. The number of aryl methyl sites for hydroxylation is 1. The average Bonchev–Trinajstić information content (AvgIpc) is 3.50. The third kappa shape index (κ3) is 4.46. The fourth-order valence-electron chi connectivity index (χ4n) is 8.04. The standard InChI is InChI=1S/C48H32N2/c1-31-10-8-15-38(26-31)50-45-23-22-35(29-43(45)44-30-49-25-24-46(44)50)34-13-9-14-36(28-34)47-39-16-4-6-18-41(39)48(42-19-7-5-17-40(42)47)37-21-20-32-11-2-3-12-33(32)27-37/h2-30H,1H3. The summed E-state index contributed by atoms with van der Waals surface area (Å²) in [5, 5.41) is 9.91. The van der Waals surface area contributed by atoms with E-state index in [0.717, 1.165) is 16.6 Å². The number of aromatic nitrogens is 2. The van der Waals surface area contributed by atoms with Crippen molar-refractivity contribution in [3.63, 3.8) is 0 Å². The molecule has 0 bridgehead atoms. The van der Waals surface area contributed by atoms with Crippen molar-refractivity contribution in [2.45, 2.75) is 6.92 Å². The maximum atomic E-state index is 4.53. The quantitative estimate of drug-likeness (QED) is 0.176. The fraction of sp³-hybridized carbons (Fsp3) is 0.0208. The Bertz CT molecular complexity index is 2890. The lowest BCUT2D eigenvalue weighted by Gasteiger charge is -2.18. The number of benzene rings is 8. The Morgan fingerprint density at radius 1 is 0.400 bits per heavy atom. The minimum atomic E-state index is 1.16. The van der Waals surface area contributed by atoms with Gasteiger partial charge in [0.05, 0.1) is 11.0 Å². The van der Waals surface area contributed by atoms with Gasteiger partial charge in [0, 0.05) is 28.9 Å². The molecule has 0 unspecified atom stereocenters. The molecule has 0 spiro atoms. The van der Waals surface area contributed by atoms with Crippen LogP contribution in [0.2, 0.25) is 0 Å². The highest BCUT2D eigenvalue weighted by Gasteiger charge is 2.18. The molecule has 0 amide bonds. The van der Waals surface area contributed by atoms with E-state index in [1.165, 1.54) is 82.2 Å². The zero-order valence-corrected chi connectivity index (χ0v) is 27.6.